The van der Waals surface area contributed by atoms with Crippen LogP contribution in [0.25, 0.3) is 0 Å². The van der Waals surface area contributed by atoms with Crippen LogP contribution in [-0.2, 0) is 0 Å². The van der Waals surface area contributed by atoms with Gasteiger partial charge >= 0.3 is 0 Å². The molecule has 2 aliphatic carbocycles. The first kappa shape index (κ1) is 13.0. The number of halogens is 2. The second-order valence-electron chi connectivity index (χ2n) is 5.97. The molecule has 104 valence electrons. The molecule has 3 atom stereocenters. The van der Waals surface area contributed by atoms with Gasteiger partial charge < -0.3 is 5.32 Å². The van der Waals surface area contributed by atoms with E-state index in [0.29, 0.717) is 17.0 Å². The Hall–Kier alpha value is -0.960. The Balaban J connectivity index is 1.90. The molecule has 0 radical (unpaired) electrons. The molecule has 2 fully saturated rings. The first-order chi connectivity index (χ1) is 9.15. The molecule has 1 aromatic rings. The lowest BCUT2D eigenvalue weighted by atomic mass is 9.95. The van der Waals surface area contributed by atoms with Crippen LogP contribution in [0.1, 0.15) is 43.4 Å². The van der Waals surface area contributed by atoms with E-state index in [0.717, 1.165) is 18.4 Å². The largest absolute Gasteiger partial charge is 0.310 e. The van der Waals surface area contributed by atoms with Crippen LogP contribution in [-0.4, -0.2) is 6.54 Å². The van der Waals surface area contributed by atoms with Crippen LogP contribution < -0.4 is 5.32 Å². The third-order valence-corrected chi connectivity index (χ3v) is 4.92. The van der Waals surface area contributed by atoms with Crippen molar-refractivity contribution in [3.05, 3.63) is 34.9 Å². The van der Waals surface area contributed by atoms with E-state index in [1.165, 1.54) is 19.3 Å². The van der Waals surface area contributed by atoms with Gasteiger partial charge in [0.05, 0.1) is 0 Å². The highest BCUT2D eigenvalue weighted by molar-refractivity contribution is 5.30. The third kappa shape index (κ3) is 2.08. The molecule has 3 heteroatoms. The molecule has 19 heavy (non-hydrogen) atoms. The summed E-state index contributed by atoms with van der Waals surface area (Å²) in [5, 5.41) is 3.37. The summed E-state index contributed by atoms with van der Waals surface area (Å²) < 4.78 is 27.9. The average molecular weight is 265 g/mol. The molecule has 2 aliphatic rings. The summed E-state index contributed by atoms with van der Waals surface area (Å²) in [6.45, 7) is 4.42. The molecule has 0 bridgehead atoms. The summed E-state index contributed by atoms with van der Waals surface area (Å²) in [4.78, 5) is 0. The minimum absolute atomic E-state index is 0.0181. The van der Waals surface area contributed by atoms with E-state index in [4.69, 9.17) is 0 Å². The van der Waals surface area contributed by atoms with E-state index in [-0.39, 0.29) is 6.04 Å². The molecule has 1 N–H and O–H groups in total. The van der Waals surface area contributed by atoms with E-state index >= 15 is 0 Å². The number of hydrogen-bond donors (Lipinski definition) is 1. The minimum Gasteiger partial charge on any atom is -0.310 e. The summed E-state index contributed by atoms with van der Waals surface area (Å²) in [5.41, 5.74) is 0.900. The Morgan fingerprint density at radius 1 is 1.21 bits per heavy atom. The fourth-order valence-corrected chi connectivity index (χ4v) is 3.95. The molecule has 1 aromatic carbocycles. The van der Waals surface area contributed by atoms with Crippen molar-refractivity contribution >= 4 is 0 Å². The lowest BCUT2D eigenvalue weighted by Crippen LogP contribution is -2.25. The van der Waals surface area contributed by atoms with Gasteiger partial charge in [-0.05, 0) is 49.6 Å². The van der Waals surface area contributed by atoms with Gasteiger partial charge in [0, 0.05) is 11.6 Å². The second-order valence-corrected chi connectivity index (χ2v) is 5.97. The first-order valence-corrected chi connectivity index (χ1v) is 7.33. The Labute approximate surface area is 113 Å². The highest BCUT2D eigenvalue weighted by Gasteiger charge is 2.56. The number of nitrogens with one attached hydrogen (secondary N) is 1. The molecule has 0 heterocycles. The van der Waals surface area contributed by atoms with E-state index < -0.39 is 11.6 Å². The van der Waals surface area contributed by atoms with Gasteiger partial charge in [-0.3, -0.25) is 0 Å². The van der Waals surface area contributed by atoms with Gasteiger partial charge in [-0.15, -0.1) is 0 Å². The highest BCUT2D eigenvalue weighted by atomic mass is 19.2. The molecule has 0 aromatic heterocycles. The molecule has 0 amide bonds. The quantitative estimate of drug-likeness (QED) is 0.868. The zero-order chi connectivity index (χ0) is 13.6. The van der Waals surface area contributed by atoms with E-state index in [2.05, 4.69) is 5.32 Å². The first-order valence-electron chi connectivity index (χ1n) is 7.33. The van der Waals surface area contributed by atoms with Gasteiger partial charge in [0.2, 0.25) is 0 Å². The Morgan fingerprint density at radius 2 is 1.89 bits per heavy atom. The van der Waals surface area contributed by atoms with Crippen molar-refractivity contribution in [2.45, 2.75) is 39.2 Å². The topological polar surface area (TPSA) is 12.0 Å². The van der Waals surface area contributed by atoms with Gasteiger partial charge in [-0.25, -0.2) is 8.78 Å². The van der Waals surface area contributed by atoms with Crippen molar-refractivity contribution in [2.75, 3.05) is 6.54 Å². The normalized spacial score (nSPS) is 30.2. The molecule has 0 spiro atoms. The van der Waals surface area contributed by atoms with Crippen LogP contribution in [0.3, 0.4) is 0 Å². The third-order valence-electron chi connectivity index (χ3n) is 4.92. The second kappa shape index (κ2) is 4.86. The molecule has 0 saturated heterocycles. The van der Waals surface area contributed by atoms with Crippen LogP contribution in [0.2, 0.25) is 0 Å². The summed E-state index contributed by atoms with van der Waals surface area (Å²) >= 11 is 0. The highest BCUT2D eigenvalue weighted by Crippen LogP contribution is 2.62. The predicted octanol–water partition coefficient (Wildman–Crippen LogP) is 3.97. The minimum atomic E-state index is -0.689. The van der Waals surface area contributed by atoms with Crippen molar-refractivity contribution in [3.63, 3.8) is 0 Å². The van der Waals surface area contributed by atoms with Crippen molar-refractivity contribution in [2.24, 2.45) is 17.8 Å². The van der Waals surface area contributed by atoms with Gasteiger partial charge in [-0.2, -0.15) is 0 Å². The van der Waals surface area contributed by atoms with Gasteiger partial charge in [0.1, 0.15) is 0 Å². The Kier molecular flexibility index (Phi) is 3.34. The maximum atomic E-state index is 14.2. The number of benzene rings is 1. The van der Waals surface area contributed by atoms with Crippen LogP contribution in [0, 0.1) is 36.3 Å². The molecule has 3 rings (SSSR count). The molecule has 2 saturated carbocycles. The number of aryl methyl sites for hydroxylation is 1. The zero-order valence-corrected chi connectivity index (χ0v) is 11.5. The van der Waals surface area contributed by atoms with Crippen LogP contribution >= 0.6 is 0 Å². The summed E-state index contributed by atoms with van der Waals surface area (Å²) in [6, 6.07) is 3.43. The molecule has 3 unspecified atom stereocenters. The fourth-order valence-electron chi connectivity index (χ4n) is 3.95. The lowest BCUT2D eigenvalue weighted by molar-refractivity contribution is 0.399. The number of hydrogen-bond acceptors (Lipinski definition) is 1. The molecule has 0 aliphatic heterocycles. The van der Waals surface area contributed by atoms with Crippen LogP contribution in [0.15, 0.2) is 12.1 Å². The van der Waals surface area contributed by atoms with E-state index in [1.54, 1.807) is 19.1 Å². The Bertz CT molecular complexity index is 476. The maximum Gasteiger partial charge on any atom is 0.163 e. The fraction of sp³-hybridized carbons (Fsp3) is 0.625. The maximum absolute atomic E-state index is 14.2. The smallest absolute Gasteiger partial charge is 0.163 e. The predicted molar refractivity (Wildman–Crippen MR) is 71.8 cm³/mol. The lowest BCUT2D eigenvalue weighted by Gasteiger charge is -2.21. The standard InChI is InChI=1S/C16H21F2N/c1-3-19-16(13-10-5-4-6-11(10)13)12-8-7-9(2)14(17)15(12)18/h7-8,10-11,13,16,19H,3-6H2,1-2H3. The van der Waals surface area contributed by atoms with Gasteiger partial charge in [0.15, 0.2) is 11.6 Å². The monoisotopic (exact) mass is 265 g/mol. The molecule has 1 nitrogen and oxygen atoms in total. The van der Waals surface area contributed by atoms with Crippen molar-refractivity contribution in [1.82, 2.24) is 5.32 Å². The summed E-state index contributed by atoms with van der Waals surface area (Å²) in [5.74, 6) is 0.619. The molecular formula is C16H21F2N. The molecular weight excluding hydrogens is 244 g/mol. The van der Waals surface area contributed by atoms with Crippen molar-refractivity contribution in [1.29, 1.82) is 0 Å². The average Bonchev–Trinajstić information content (AvgIpc) is 2.85. The number of rotatable bonds is 4. The van der Waals surface area contributed by atoms with Crippen LogP contribution in [0.5, 0.6) is 0 Å². The summed E-state index contributed by atoms with van der Waals surface area (Å²) in [7, 11) is 0. The van der Waals surface area contributed by atoms with Crippen LogP contribution in [0.4, 0.5) is 8.78 Å². The zero-order valence-electron chi connectivity index (χ0n) is 11.5. The number of fused-ring (bicyclic) bond motifs is 1. The van der Waals surface area contributed by atoms with Gasteiger partial charge in [-0.1, -0.05) is 25.5 Å². The summed E-state index contributed by atoms with van der Waals surface area (Å²) in [6.07, 6.45) is 3.82. The van der Waals surface area contributed by atoms with Crippen molar-refractivity contribution in [3.8, 4) is 0 Å². The van der Waals surface area contributed by atoms with Crippen molar-refractivity contribution < 1.29 is 8.78 Å². The van der Waals surface area contributed by atoms with E-state index in [9.17, 15) is 8.78 Å². The van der Waals surface area contributed by atoms with Gasteiger partial charge in [0.25, 0.3) is 0 Å². The SMILES string of the molecule is CCNC(c1ccc(C)c(F)c1F)C1C2CCCC21. The van der Waals surface area contributed by atoms with E-state index in [1.807, 2.05) is 6.92 Å². The Morgan fingerprint density at radius 3 is 2.53 bits per heavy atom.